The SMILES string of the molecule is CCNc1nnc(C(=O)NCc2ccco2)s1. The highest BCUT2D eigenvalue weighted by atomic mass is 32.1. The Hall–Kier alpha value is -1.89. The molecule has 0 aromatic carbocycles. The Morgan fingerprint density at radius 2 is 2.41 bits per heavy atom. The smallest absolute Gasteiger partial charge is 0.282 e. The van der Waals surface area contributed by atoms with Crippen LogP contribution in [0.3, 0.4) is 0 Å². The summed E-state index contributed by atoms with van der Waals surface area (Å²) in [5.74, 6) is 0.456. The topological polar surface area (TPSA) is 80.0 Å². The molecule has 0 saturated carbocycles. The van der Waals surface area contributed by atoms with Crippen molar-refractivity contribution in [1.29, 1.82) is 0 Å². The summed E-state index contributed by atoms with van der Waals surface area (Å²) in [5, 5.41) is 14.3. The molecule has 0 unspecified atom stereocenters. The molecule has 90 valence electrons. The van der Waals surface area contributed by atoms with E-state index in [4.69, 9.17) is 4.42 Å². The van der Waals surface area contributed by atoms with Gasteiger partial charge in [0.25, 0.3) is 5.91 Å². The zero-order chi connectivity index (χ0) is 12.1. The average Bonchev–Trinajstić information content (AvgIpc) is 2.97. The molecule has 0 spiro atoms. The van der Waals surface area contributed by atoms with E-state index in [1.54, 1.807) is 18.4 Å². The van der Waals surface area contributed by atoms with E-state index in [1.165, 1.54) is 11.3 Å². The molecule has 0 aliphatic heterocycles. The molecule has 0 bridgehead atoms. The van der Waals surface area contributed by atoms with Crippen LogP contribution in [0.4, 0.5) is 5.13 Å². The van der Waals surface area contributed by atoms with E-state index < -0.39 is 0 Å². The molecule has 0 fully saturated rings. The van der Waals surface area contributed by atoms with Gasteiger partial charge in [0.05, 0.1) is 12.8 Å². The van der Waals surface area contributed by atoms with Crippen LogP contribution in [0, 0.1) is 0 Å². The van der Waals surface area contributed by atoms with Crippen LogP contribution in [0.15, 0.2) is 22.8 Å². The van der Waals surface area contributed by atoms with Gasteiger partial charge >= 0.3 is 0 Å². The van der Waals surface area contributed by atoms with E-state index in [0.29, 0.717) is 22.4 Å². The Morgan fingerprint density at radius 1 is 1.53 bits per heavy atom. The Balaban J connectivity index is 1.90. The van der Waals surface area contributed by atoms with Crippen molar-refractivity contribution < 1.29 is 9.21 Å². The van der Waals surface area contributed by atoms with Gasteiger partial charge in [-0.25, -0.2) is 0 Å². The standard InChI is InChI=1S/C10H12N4O2S/c1-2-11-10-14-13-9(17-10)8(15)12-6-7-4-3-5-16-7/h3-5H,2,6H2,1H3,(H,11,14)(H,12,15). The van der Waals surface area contributed by atoms with Gasteiger partial charge in [0.2, 0.25) is 10.1 Å². The number of carbonyl (C=O) groups excluding carboxylic acids is 1. The second-order valence-corrected chi connectivity index (χ2v) is 4.18. The number of hydrogen-bond donors (Lipinski definition) is 2. The third-order valence-corrected chi connectivity index (χ3v) is 2.83. The highest BCUT2D eigenvalue weighted by molar-refractivity contribution is 7.17. The molecule has 0 atom stereocenters. The van der Waals surface area contributed by atoms with Crippen LogP contribution in [-0.2, 0) is 6.54 Å². The molecule has 2 N–H and O–H groups in total. The minimum atomic E-state index is -0.247. The Kier molecular flexibility index (Phi) is 3.71. The first-order valence-electron chi connectivity index (χ1n) is 5.17. The van der Waals surface area contributed by atoms with Crippen molar-refractivity contribution in [3.8, 4) is 0 Å². The first kappa shape index (κ1) is 11.6. The average molecular weight is 252 g/mol. The minimum absolute atomic E-state index is 0.247. The summed E-state index contributed by atoms with van der Waals surface area (Å²) in [5.41, 5.74) is 0. The van der Waals surface area contributed by atoms with Crippen LogP contribution in [0.1, 0.15) is 22.5 Å². The molecule has 1 amide bonds. The lowest BCUT2D eigenvalue weighted by atomic mass is 10.4. The van der Waals surface area contributed by atoms with E-state index in [9.17, 15) is 4.79 Å². The number of anilines is 1. The van der Waals surface area contributed by atoms with Gasteiger partial charge in [-0.05, 0) is 19.1 Å². The van der Waals surface area contributed by atoms with Crippen molar-refractivity contribution in [3.05, 3.63) is 29.2 Å². The van der Waals surface area contributed by atoms with Gasteiger partial charge in [0.15, 0.2) is 0 Å². The summed E-state index contributed by atoms with van der Waals surface area (Å²) in [6.45, 7) is 3.06. The quantitative estimate of drug-likeness (QED) is 0.842. The predicted molar refractivity (Wildman–Crippen MR) is 64.0 cm³/mol. The Bertz CT molecular complexity index is 480. The Labute approximate surface area is 102 Å². The molecule has 0 radical (unpaired) electrons. The fourth-order valence-electron chi connectivity index (χ4n) is 1.19. The monoisotopic (exact) mass is 252 g/mol. The normalized spacial score (nSPS) is 10.2. The maximum absolute atomic E-state index is 11.7. The van der Waals surface area contributed by atoms with Crippen LogP contribution < -0.4 is 10.6 Å². The third kappa shape index (κ3) is 3.04. The molecule has 2 aromatic heterocycles. The number of furan rings is 1. The number of aromatic nitrogens is 2. The zero-order valence-corrected chi connectivity index (χ0v) is 10.1. The zero-order valence-electron chi connectivity index (χ0n) is 9.27. The van der Waals surface area contributed by atoms with Gasteiger partial charge in [-0.15, -0.1) is 10.2 Å². The van der Waals surface area contributed by atoms with E-state index in [1.807, 2.05) is 6.92 Å². The number of amides is 1. The Morgan fingerprint density at radius 3 is 3.12 bits per heavy atom. The predicted octanol–water partition coefficient (Wildman–Crippen LogP) is 1.49. The molecule has 0 saturated heterocycles. The van der Waals surface area contributed by atoms with Crippen molar-refractivity contribution in [3.63, 3.8) is 0 Å². The lowest BCUT2D eigenvalue weighted by Crippen LogP contribution is -2.22. The van der Waals surface area contributed by atoms with Crippen molar-refractivity contribution in [1.82, 2.24) is 15.5 Å². The third-order valence-electron chi connectivity index (χ3n) is 1.95. The summed E-state index contributed by atoms with van der Waals surface area (Å²) in [4.78, 5) is 11.7. The van der Waals surface area contributed by atoms with Crippen molar-refractivity contribution >= 4 is 22.4 Å². The number of hydrogen-bond acceptors (Lipinski definition) is 6. The fraction of sp³-hybridized carbons (Fsp3) is 0.300. The summed E-state index contributed by atoms with van der Waals surface area (Å²) in [6, 6.07) is 3.57. The highest BCUT2D eigenvalue weighted by Crippen LogP contribution is 2.14. The van der Waals surface area contributed by atoms with Crippen LogP contribution in [0.5, 0.6) is 0 Å². The maximum Gasteiger partial charge on any atom is 0.282 e. The number of carbonyl (C=O) groups is 1. The van der Waals surface area contributed by atoms with E-state index in [0.717, 1.165) is 6.54 Å². The second-order valence-electron chi connectivity index (χ2n) is 3.20. The molecule has 2 aromatic rings. The molecule has 2 rings (SSSR count). The van der Waals surface area contributed by atoms with Crippen molar-refractivity contribution in [2.45, 2.75) is 13.5 Å². The van der Waals surface area contributed by atoms with Crippen LogP contribution >= 0.6 is 11.3 Å². The van der Waals surface area contributed by atoms with Crippen LogP contribution in [-0.4, -0.2) is 22.6 Å². The number of nitrogens with one attached hydrogen (secondary N) is 2. The van der Waals surface area contributed by atoms with Crippen LogP contribution in [0.25, 0.3) is 0 Å². The summed E-state index contributed by atoms with van der Waals surface area (Å²) in [7, 11) is 0. The first-order valence-corrected chi connectivity index (χ1v) is 5.99. The second kappa shape index (κ2) is 5.44. The number of nitrogens with zero attached hydrogens (tertiary/aromatic N) is 2. The van der Waals surface area contributed by atoms with E-state index in [2.05, 4.69) is 20.8 Å². The molecule has 6 nitrogen and oxygen atoms in total. The van der Waals surface area contributed by atoms with Crippen LogP contribution in [0.2, 0.25) is 0 Å². The molecule has 2 heterocycles. The fourth-order valence-corrected chi connectivity index (χ4v) is 1.92. The van der Waals surface area contributed by atoms with Crippen molar-refractivity contribution in [2.75, 3.05) is 11.9 Å². The molecular weight excluding hydrogens is 240 g/mol. The number of rotatable bonds is 5. The molecular formula is C10H12N4O2S. The first-order chi connectivity index (χ1) is 8.29. The van der Waals surface area contributed by atoms with Gasteiger partial charge < -0.3 is 15.1 Å². The molecule has 17 heavy (non-hydrogen) atoms. The molecule has 0 aliphatic rings. The van der Waals surface area contributed by atoms with E-state index >= 15 is 0 Å². The lowest BCUT2D eigenvalue weighted by molar-refractivity contribution is 0.0947. The largest absolute Gasteiger partial charge is 0.467 e. The molecule has 7 heteroatoms. The van der Waals surface area contributed by atoms with Gasteiger partial charge in [0.1, 0.15) is 5.76 Å². The lowest BCUT2D eigenvalue weighted by Gasteiger charge is -1.98. The minimum Gasteiger partial charge on any atom is -0.467 e. The maximum atomic E-state index is 11.7. The molecule has 0 aliphatic carbocycles. The van der Waals surface area contributed by atoms with Gasteiger partial charge in [-0.1, -0.05) is 11.3 Å². The van der Waals surface area contributed by atoms with Gasteiger partial charge in [-0.2, -0.15) is 0 Å². The summed E-state index contributed by atoms with van der Waals surface area (Å²) in [6.07, 6.45) is 1.57. The van der Waals surface area contributed by atoms with Crippen molar-refractivity contribution in [2.24, 2.45) is 0 Å². The summed E-state index contributed by atoms with van der Waals surface area (Å²) < 4.78 is 5.10. The van der Waals surface area contributed by atoms with Gasteiger partial charge in [-0.3, -0.25) is 4.79 Å². The highest BCUT2D eigenvalue weighted by Gasteiger charge is 2.12. The van der Waals surface area contributed by atoms with Gasteiger partial charge in [0, 0.05) is 6.54 Å². The van der Waals surface area contributed by atoms with E-state index in [-0.39, 0.29) is 5.91 Å². The summed E-state index contributed by atoms with van der Waals surface area (Å²) >= 11 is 1.23.